The number of carbonyl (C=O) groups is 1. The molecule has 4 heteroatoms. The van der Waals surface area contributed by atoms with Gasteiger partial charge < -0.3 is 9.84 Å². The number of thioether (sulfide) groups is 1. The van der Waals surface area contributed by atoms with Crippen molar-refractivity contribution in [2.75, 3.05) is 7.11 Å². The zero-order valence-corrected chi connectivity index (χ0v) is 7.00. The van der Waals surface area contributed by atoms with Crippen LogP contribution in [0.2, 0.25) is 0 Å². The first-order valence-electron chi connectivity index (χ1n) is 3.31. The van der Waals surface area contributed by atoms with E-state index < -0.39 is 5.97 Å². The molecular weight excluding hydrogens is 164 g/mol. The fourth-order valence-electron chi connectivity index (χ4n) is 0.869. The zero-order valence-electron chi connectivity index (χ0n) is 6.19. The number of carboxylic acid groups (broad SMARTS) is 1. The van der Waals surface area contributed by atoms with E-state index in [9.17, 15) is 4.79 Å². The Morgan fingerprint density at radius 1 is 1.82 bits per heavy atom. The largest absolute Gasteiger partial charge is 0.480 e. The summed E-state index contributed by atoms with van der Waals surface area (Å²) in [6.07, 6.45) is 4.33. The van der Waals surface area contributed by atoms with E-state index in [1.54, 1.807) is 7.11 Å². The van der Waals surface area contributed by atoms with Gasteiger partial charge in [0.05, 0.1) is 0 Å². The summed E-state index contributed by atoms with van der Waals surface area (Å²) in [5.41, 5.74) is -0.0927. The lowest BCUT2D eigenvalue weighted by Gasteiger charge is -2.19. The quantitative estimate of drug-likeness (QED) is 0.637. The minimum absolute atomic E-state index is 0.0927. The van der Waals surface area contributed by atoms with Gasteiger partial charge in [0.15, 0.2) is 0 Å². The van der Waals surface area contributed by atoms with Crippen molar-refractivity contribution in [2.24, 2.45) is 0 Å². The van der Waals surface area contributed by atoms with Crippen molar-refractivity contribution in [3.63, 3.8) is 0 Å². The minimum atomic E-state index is -0.763. The van der Waals surface area contributed by atoms with Crippen molar-refractivity contribution in [3.05, 3.63) is 12.2 Å². The summed E-state index contributed by atoms with van der Waals surface area (Å²) >= 11 is 1.33. The minimum Gasteiger partial charge on any atom is -0.480 e. The number of carboxylic acids is 1. The Balaban J connectivity index is 2.51. The molecule has 0 radical (unpaired) electrons. The van der Waals surface area contributed by atoms with Crippen LogP contribution in [0, 0.1) is 0 Å². The fourth-order valence-corrected chi connectivity index (χ4v) is 1.84. The van der Waals surface area contributed by atoms with Crippen LogP contribution in [-0.2, 0) is 9.53 Å². The Labute approximate surface area is 69.4 Å². The van der Waals surface area contributed by atoms with Crippen LogP contribution in [0.3, 0.4) is 0 Å². The third-order valence-corrected chi connectivity index (χ3v) is 2.79. The van der Waals surface area contributed by atoms with Gasteiger partial charge in [0.2, 0.25) is 0 Å². The van der Waals surface area contributed by atoms with Gasteiger partial charge in [0.25, 0.3) is 0 Å². The van der Waals surface area contributed by atoms with E-state index >= 15 is 0 Å². The lowest BCUT2D eigenvalue weighted by Crippen LogP contribution is -2.22. The molecule has 0 aromatic rings. The van der Waals surface area contributed by atoms with Crippen molar-refractivity contribution >= 4 is 17.7 Å². The lowest BCUT2D eigenvalue weighted by atomic mass is 10.3. The van der Waals surface area contributed by atoms with Gasteiger partial charge in [-0.1, -0.05) is 6.08 Å². The highest BCUT2D eigenvalue weighted by Gasteiger charge is 2.23. The second-order valence-corrected chi connectivity index (χ2v) is 3.54. The van der Waals surface area contributed by atoms with Gasteiger partial charge in [0.1, 0.15) is 10.7 Å². The Kier molecular flexibility index (Phi) is 2.96. The number of hydrogen-bond acceptors (Lipinski definition) is 3. The van der Waals surface area contributed by atoms with Crippen molar-refractivity contribution in [1.29, 1.82) is 0 Å². The summed E-state index contributed by atoms with van der Waals surface area (Å²) in [6.45, 7) is 0. The van der Waals surface area contributed by atoms with Gasteiger partial charge >= 0.3 is 5.97 Å². The number of hydrogen-bond donors (Lipinski definition) is 1. The van der Waals surface area contributed by atoms with Crippen LogP contribution in [0.4, 0.5) is 0 Å². The zero-order chi connectivity index (χ0) is 8.27. The van der Waals surface area contributed by atoms with Crippen LogP contribution >= 0.6 is 11.8 Å². The number of ether oxygens (including phenoxy) is 1. The van der Waals surface area contributed by atoms with E-state index in [0.29, 0.717) is 6.42 Å². The average molecular weight is 174 g/mol. The SMILES string of the molecule is COC1C=CC[C@H](C(=O)O)S1. The van der Waals surface area contributed by atoms with Gasteiger partial charge in [-0.3, -0.25) is 4.79 Å². The van der Waals surface area contributed by atoms with Crippen LogP contribution in [-0.4, -0.2) is 28.9 Å². The predicted octanol–water partition coefficient (Wildman–Crippen LogP) is 1.11. The monoisotopic (exact) mass is 174 g/mol. The molecule has 0 aliphatic carbocycles. The molecule has 1 aliphatic heterocycles. The number of allylic oxidation sites excluding steroid dienone is 1. The molecule has 2 atom stereocenters. The van der Waals surface area contributed by atoms with Gasteiger partial charge in [0, 0.05) is 7.11 Å². The molecule has 0 bridgehead atoms. The van der Waals surface area contributed by atoms with E-state index in [1.165, 1.54) is 11.8 Å². The molecule has 1 N–H and O–H groups in total. The highest BCUT2D eigenvalue weighted by Crippen LogP contribution is 2.27. The average Bonchev–Trinajstić information content (AvgIpc) is 2.05. The van der Waals surface area contributed by atoms with Gasteiger partial charge in [-0.25, -0.2) is 0 Å². The van der Waals surface area contributed by atoms with Crippen LogP contribution in [0.15, 0.2) is 12.2 Å². The summed E-state index contributed by atoms with van der Waals surface area (Å²) in [6, 6.07) is 0. The fraction of sp³-hybridized carbons (Fsp3) is 0.571. The number of methoxy groups -OCH3 is 1. The highest BCUT2D eigenvalue weighted by atomic mass is 32.2. The van der Waals surface area contributed by atoms with E-state index in [4.69, 9.17) is 9.84 Å². The molecule has 1 heterocycles. The second-order valence-electron chi connectivity index (χ2n) is 2.23. The molecule has 0 spiro atoms. The maximum atomic E-state index is 10.5. The molecular formula is C7H10O3S. The van der Waals surface area contributed by atoms with Crippen molar-refractivity contribution in [1.82, 2.24) is 0 Å². The first-order chi connectivity index (χ1) is 5.24. The molecule has 1 aliphatic rings. The van der Waals surface area contributed by atoms with Crippen molar-refractivity contribution < 1.29 is 14.6 Å². The number of rotatable bonds is 2. The predicted molar refractivity (Wildman–Crippen MR) is 43.6 cm³/mol. The molecule has 0 aromatic heterocycles. The van der Waals surface area contributed by atoms with Crippen molar-refractivity contribution in [3.8, 4) is 0 Å². The van der Waals surface area contributed by atoms with Gasteiger partial charge in [-0.15, -0.1) is 11.8 Å². The van der Waals surface area contributed by atoms with E-state index in [1.807, 2.05) is 12.2 Å². The van der Waals surface area contributed by atoms with Crippen LogP contribution in [0.5, 0.6) is 0 Å². The third kappa shape index (κ3) is 2.24. The van der Waals surface area contributed by atoms with Gasteiger partial charge in [-0.2, -0.15) is 0 Å². The molecule has 11 heavy (non-hydrogen) atoms. The molecule has 3 nitrogen and oxygen atoms in total. The first-order valence-corrected chi connectivity index (χ1v) is 4.26. The molecule has 0 amide bonds. The Morgan fingerprint density at radius 3 is 3.09 bits per heavy atom. The second kappa shape index (κ2) is 3.78. The lowest BCUT2D eigenvalue weighted by molar-refractivity contribution is -0.136. The molecule has 1 rings (SSSR count). The van der Waals surface area contributed by atoms with Crippen LogP contribution in [0.1, 0.15) is 6.42 Å². The maximum absolute atomic E-state index is 10.5. The molecule has 62 valence electrons. The topological polar surface area (TPSA) is 46.5 Å². The van der Waals surface area contributed by atoms with Gasteiger partial charge in [-0.05, 0) is 12.5 Å². The molecule has 0 aromatic carbocycles. The normalized spacial score (nSPS) is 30.3. The molecule has 1 unspecified atom stereocenters. The summed E-state index contributed by atoms with van der Waals surface area (Å²) in [4.78, 5) is 10.5. The Morgan fingerprint density at radius 2 is 2.55 bits per heavy atom. The van der Waals surface area contributed by atoms with E-state index in [2.05, 4.69) is 0 Å². The molecule has 0 saturated carbocycles. The molecule has 0 fully saturated rings. The van der Waals surface area contributed by atoms with Crippen LogP contribution in [0.25, 0.3) is 0 Å². The maximum Gasteiger partial charge on any atom is 0.317 e. The smallest absolute Gasteiger partial charge is 0.317 e. The third-order valence-electron chi connectivity index (χ3n) is 1.45. The summed E-state index contributed by atoms with van der Waals surface area (Å²) in [5.74, 6) is -0.763. The number of aliphatic carboxylic acids is 1. The summed E-state index contributed by atoms with van der Waals surface area (Å²) < 4.78 is 4.98. The van der Waals surface area contributed by atoms with Crippen molar-refractivity contribution in [2.45, 2.75) is 17.1 Å². The Bertz CT molecular complexity index is 179. The van der Waals surface area contributed by atoms with E-state index in [-0.39, 0.29) is 10.7 Å². The first kappa shape index (κ1) is 8.62. The van der Waals surface area contributed by atoms with E-state index in [0.717, 1.165) is 0 Å². The molecule has 0 saturated heterocycles. The highest BCUT2D eigenvalue weighted by molar-refractivity contribution is 8.01. The standard InChI is InChI=1S/C7H10O3S/c1-10-6-4-2-3-5(11-6)7(8)9/h2,4-6H,3H2,1H3,(H,8,9)/t5-,6?/m1/s1. The summed E-state index contributed by atoms with van der Waals surface area (Å²) in [5, 5.41) is 8.30. The summed E-state index contributed by atoms with van der Waals surface area (Å²) in [7, 11) is 1.58. The van der Waals surface area contributed by atoms with Crippen LogP contribution < -0.4 is 0 Å². The Hall–Kier alpha value is -0.480.